The van der Waals surface area contributed by atoms with Gasteiger partial charge in [0.1, 0.15) is 11.4 Å². The first kappa shape index (κ1) is 13.4. The van der Waals surface area contributed by atoms with E-state index >= 15 is 0 Å². The molecule has 0 saturated heterocycles. The topological polar surface area (TPSA) is 35.2 Å². The van der Waals surface area contributed by atoms with Gasteiger partial charge in [0, 0.05) is 0 Å². The minimum atomic E-state index is 0.0283. The summed E-state index contributed by atoms with van der Waals surface area (Å²) < 4.78 is 6.21. The summed E-state index contributed by atoms with van der Waals surface area (Å²) >= 11 is 0. The minimum absolute atomic E-state index is 0.0283. The minimum Gasteiger partial charge on any atom is -0.487 e. The van der Waals surface area contributed by atoms with E-state index in [1.54, 1.807) is 0 Å². The van der Waals surface area contributed by atoms with Crippen LogP contribution in [0, 0.1) is 6.92 Å². The van der Waals surface area contributed by atoms with Crippen LogP contribution in [-0.2, 0) is 0 Å². The molecule has 1 aliphatic carbocycles. The molecule has 2 rings (SSSR count). The van der Waals surface area contributed by atoms with Gasteiger partial charge in [-0.1, -0.05) is 19.9 Å². The van der Waals surface area contributed by atoms with Gasteiger partial charge >= 0.3 is 0 Å². The van der Waals surface area contributed by atoms with Crippen molar-refractivity contribution in [3.63, 3.8) is 0 Å². The molecule has 2 nitrogen and oxygen atoms in total. The number of hydrogen-bond acceptors (Lipinski definition) is 2. The molecule has 100 valence electrons. The molecule has 18 heavy (non-hydrogen) atoms. The van der Waals surface area contributed by atoms with E-state index in [1.807, 2.05) is 0 Å². The van der Waals surface area contributed by atoms with Gasteiger partial charge in [-0.3, -0.25) is 0 Å². The first-order chi connectivity index (χ1) is 8.56. The van der Waals surface area contributed by atoms with Gasteiger partial charge in [0.2, 0.25) is 0 Å². The summed E-state index contributed by atoms with van der Waals surface area (Å²) in [5.41, 5.74) is 8.45. The van der Waals surface area contributed by atoms with Crippen molar-refractivity contribution in [1.82, 2.24) is 0 Å². The van der Waals surface area contributed by atoms with Crippen LogP contribution in [0.15, 0.2) is 18.2 Å². The third-order valence-electron chi connectivity index (χ3n) is 4.06. The average molecular weight is 247 g/mol. The maximum absolute atomic E-state index is 6.21. The maximum Gasteiger partial charge on any atom is 0.120 e. The van der Waals surface area contributed by atoms with E-state index in [-0.39, 0.29) is 5.60 Å². The fraction of sp³-hybridized carbons (Fsp3) is 0.625. The van der Waals surface area contributed by atoms with E-state index < -0.39 is 0 Å². The van der Waals surface area contributed by atoms with Gasteiger partial charge < -0.3 is 10.5 Å². The number of ether oxygens (including phenoxy) is 1. The summed E-state index contributed by atoms with van der Waals surface area (Å²) in [6, 6.07) is 6.48. The number of rotatable bonds is 5. The molecule has 1 fully saturated rings. The third-order valence-corrected chi connectivity index (χ3v) is 4.06. The summed E-state index contributed by atoms with van der Waals surface area (Å²) in [7, 11) is 0. The normalized spacial score (nSPS) is 17.6. The van der Waals surface area contributed by atoms with Gasteiger partial charge in [-0.25, -0.2) is 0 Å². The lowest BCUT2D eigenvalue weighted by Gasteiger charge is -2.42. The first-order valence-electron chi connectivity index (χ1n) is 7.06. The zero-order valence-corrected chi connectivity index (χ0v) is 11.8. The molecule has 1 aliphatic rings. The summed E-state index contributed by atoms with van der Waals surface area (Å²) in [5.74, 6) is 1.57. The van der Waals surface area contributed by atoms with Crippen LogP contribution < -0.4 is 10.5 Å². The highest BCUT2D eigenvalue weighted by molar-refractivity contribution is 5.37. The van der Waals surface area contributed by atoms with E-state index in [1.165, 1.54) is 17.5 Å². The number of aryl methyl sites for hydroxylation is 1. The molecule has 0 aromatic heterocycles. The standard InChI is InChI=1S/C16H25NO/c1-12(2)15-6-5-14(11-13(15)3)18-16(9-10-17)7-4-8-16/h5-6,11-12H,4,7-10,17H2,1-3H3. The number of hydrogen-bond donors (Lipinski definition) is 1. The quantitative estimate of drug-likeness (QED) is 0.859. The highest BCUT2D eigenvalue weighted by Crippen LogP contribution is 2.39. The van der Waals surface area contributed by atoms with Crippen molar-refractivity contribution in [3.8, 4) is 5.75 Å². The second-order valence-corrected chi connectivity index (χ2v) is 5.85. The van der Waals surface area contributed by atoms with E-state index in [4.69, 9.17) is 10.5 Å². The second-order valence-electron chi connectivity index (χ2n) is 5.85. The van der Waals surface area contributed by atoms with Crippen LogP contribution in [0.2, 0.25) is 0 Å². The third kappa shape index (κ3) is 2.69. The van der Waals surface area contributed by atoms with Crippen molar-refractivity contribution in [2.24, 2.45) is 5.73 Å². The van der Waals surface area contributed by atoms with Gasteiger partial charge in [0.05, 0.1) is 0 Å². The Balaban J connectivity index is 2.12. The Hall–Kier alpha value is -1.02. The van der Waals surface area contributed by atoms with Crippen molar-refractivity contribution < 1.29 is 4.74 Å². The molecule has 0 aliphatic heterocycles. The first-order valence-corrected chi connectivity index (χ1v) is 7.06. The Morgan fingerprint density at radius 3 is 2.50 bits per heavy atom. The molecule has 2 N–H and O–H groups in total. The largest absolute Gasteiger partial charge is 0.487 e. The molecule has 1 aromatic rings. The van der Waals surface area contributed by atoms with Crippen LogP contribution in [0.25, 0.3) is 0 Å². The molecule has 1 saturated carbocycles. The average Bonchev–Trinajstić information content (AvgIpc) is 2.26. The molecule has 0 spiro atoms. The molecule has 0 amide bonds. The molecular weight excluding hydrogens is 222 g/mol. The predicted octanol–water partition coefficient (Wildman–Crippen LogP) is 3.77. The second kappa shape index (κ2) is 5.31. The molecular formula is C16H25NO. The van der Waals surface area contributed by atoms with Crippen molar-refractivity contribution in [2.45, 2.75) is 58.0 Å². The fourth-order valence-corrected chi connectivity index (χ4v) is 2.85. The molecule has 2 heteroatoms. The van der Waals surface area contributed by atoms with Crippen LogP contribution in [0.3, 0.4) is 0 Å². The lowest BCUT2D eigenvalue weighted by atomic mass is 9.77. The zero-order valence-electron chi connectivity index (χ0n) is 11.8. The monoisotopic (exact) mass is 247 g/mol. The van der Waals surface area contributed by atoms with Gasteiger partial charge in [0.25, 0.3) is 0 Å². The number of benzene rings is 1. The van der Waals surface area contributed by atoms with E-state index in [9.17, 15) is 0 Å². The summed E-state index contributed by atoms with van der Waals surface area (Å²) in [5, 5.41) is 0. The van der Waals surface area contributed by atoms with Gasteiger partial charge in [-0.05, 0) is 68.3 Å². The predicted molar refractivity (Wildman–Crippen MR) is 76.1 cm³/mol. The Labute approximate surface area is 111 Å². The Kier molecular flexibility index (Phi) is 3.96. The highest BCUT2D eigenvalue weighted by atomic mass is 16.5. The SMILES string of the molecule is Cc1cc(OC2(CCN)CCC2)ccc1C(C)C. The molecule has 0 bridgehead atoms. The van der Waals surface area contributed by atoms with Crippen LogP contribution in [0.1, 0.15) is 56.6 Å². The van der Waals surface area contributed by atoms with E-state index in [0.29, 0.717) is 12.5 Å². The van der Waals surface area contributed by atoms with Crippen LogP contribution in [0.4, 0.5) is 0 Å². The molecule has 0 radical (unpaired) electrons. The van der Waals surface area contributed by atoms with Crippen LogP contribution in [-0.4, -0.2) is 12.1 Å². The lowest BCUT2D eigenvalue weighted by Crippen LogP contribution is -2.44. The summed E-state index contributed by atoms with van der Waals surface area (Å²) in [4.78, 5) is 0. The Morgan fingerprint density at radius 2 is 2.06 bits per heavy atom. The van der Waals surface area contributed by atoms with E-state index in [0.717, 1.165) is 25.0 Å². The molecule has 0 atom stereocenters. The molecule has 0 heterocycles. The van der Waals surface area contributed by atoms with Crippen molar-refractivity contribution in [2.75, 3.05) is 6.54 Å². The van der Waals surface area contributed by atoms with Crippen molar-refractivity contribution in [3.05, 3.63) is 29.3 Å². The van der Waals surface area contributed by atoms with Crippen molar-refractivity contribution >= 4 is 0 Å². The summed E-state index contributed by atoms with van der Waals surface area (Å²) in [6.07, 6.45) is 4.53. The highest BCUT2D eigenvalue weighted by Gasteiger charge is 2.38. The van der Waals surface area contributed by atoms with E-state index in [2.05, 4.69) is 39.0 Å². The Bertz CT molecular complexity index is 408. The fourth-order valence-electron chi connectivity index (χ4n) is 2.85. The summed E-state index contributed by atoms with van der Waals surface area (Å²) in [6.45, 7) is 7.33. The van der Waals surface area contributed by atoms with Crippen molar-refractivity contribution in [1.29, 1.82) is 0 Å². The van der Waals surface area contributed by atoms with Crippen LogP contribution >= 0.6 is 0 Å². The van der Waals surface area contributed by atoms with Crippen LogP contribution in [0.5, 0.6) is 5.75 Å². The van der Waals surface area contributed by atoms with Gasteiger partial charge in [0.15, 0.2) is 0 Å². The van der Waals surface area contributed by atoms with Gasteiger partial charge in [-0.2, -0.15) is 0 Å². The Morgan fingerprint density at radius 1 is 1.33 bits per heavy atom. The lowest BCUT2D eigenvalue weighted by molar-refractivity contribution is -0.0125. The molecule has 0 unspecified atom stereocenters. The smallest absolute Gasteiger partial charge is 0.120 e. The molecule has 1 aromatic carbocycles. The maximum atomic E-state index is 6.21. The number of nitrogens with two attached hydrogens (primary N) is 1. The zero-order chi connectivity index (χ0) is 13.2. The van der Waals surface area contributed by atoms with Gasteiger partial charge in [-0.15, -0.1) is 0 Å².